The zero-order valence-corrected chi connectivity index (χ0v) is 18.9. The average Bonchev–Trinajstić information content (AvgIpc) is 2.66. The summed E-state index contributed by atoms with van der Waals surface area (Å²) in [6, 6.07) is -0.0254. The third-order valence-corrected chi connectivity index (χ3v) is 6.43. The van der Waals surface area contributed by atoms with Crippen LogP contribution in [0.2, 0.25) is 0 Å². The van der Waals surface area contributed by atoms with Crippen molar-refractivity contribution in [2.45, 2.75) is 123 Å². The van der Waals surface area contributed by atoms with Crippen LogP contribution in [0.1, 0.15) is 111 Å². The Hall–Kier alpha value is -1.06. The first-order valence-electron chi connectivity index (χ1n) is 11.9. The summed E-state index contributed by atoms with van der Waals surface area (Å²) in [5.41, 5.74) is -0.0558. The molecule has 4 nitrogen and oxygen atoms in total. The molecule has 1 atom stereocenters. The van der Waals surface area contributed by atoms with Crippen molar-refractivity contribution >= 4 is 11.8 Å². The molecule has 0 bridgehead atoms. The maximum Gasteiger partial charge on any atom is 0.243 e. The van der Waals surface area contributed by atoms with Gasteiger partial charge in [0.15, 0.2) is 0 Å². The molecular weight excluding hydrogens is 348 g/mol. The van der Waals surface area contributed by atoms with Gasteiger partial charge in [0.05, 0.1) is 0 Å². The van der Waals surface area contributed by atoms with E-state index in [1.165, 1.54) is 38.5 Å². The first-order valence-corrected chi connectivity index (χ1v) is 11.9. The van der Waals surface area contributed by atoms with Crippen molar-refractivity contribution in [1.82, 2.24) is 10.2 Å². The van der Waals surface area contributed by atoms with Crippen molar-refractivity contribution in [3.8, 4) is 0 Å². The van der Waals surface area contributed by atoms with Crippen LogP contribution in [-0.4, -0.2) is 35.3 Å². The summed E-state index contributed by atoms with van der Waals surface area (Å²) in [6.45, 7) is 9.25. The predicted molar refractivity (Wildman–Crippen MR) is 116 cm³/mol. The molecule has 2 aliphatic carbocycles. The normalized spacial score (nSPS) is 20.6. The van der Waals surface area contributed by atoms with Gasteiger partial charge in [-0.1, -0.05) is 72.6 Å². The van der Waals surface area contributed by atoms with Gasteiger partial charge < -0.3 is 10.2 Å². The van der Waals surface area contributed by atoms with Gasteiger partial charge in [0.1, 0.15) is 6.04 Å². The molecule has 0 aromatic rings. The zero-order chi connectivity index (χ0) is 20.6. The van der Waals surface area contributed by atoms with Crippen LogP contribution in [-0.2, 0) is 9.59 Å². The van der Waals surface area contributed by atoms with E-state index in [0.29, 0.717) is 12.3 Å². The predicted octanol–water partition coefficient (Wildman–Crippen LogP) is 5.45. The number of carbonyl (C=O) groups excluding carboxylic acids is 2. The quantitative estimate of drug-likeness (QED) is 0.558. The first-order chi connectivity index (χ1) is 13.3. The van der Waals surface area contributed by atoms with E-state index < -0.39 is 0 Å². The molecule has 162 valence electrons. The van der Waals surface area contributed by atoms with E-state index in [4.69, 9.17) is 0 Å². The fourth-order valence-electron chi connectivity index (χ4n) is 5.00. The summed E-state index contributed by atoms with van der Waals surface area (Å²) in [5, 5.41) is 3.19. The molecule has 0 aliphatic heterocycles. The number of nitrogens with one attached hydrogen (secondary N) is 1. The lowest BCUT2D eigenvalue weighted by molar-refractivity contribution is -0.148. The van der Waals surface area contributed by atoms with E-state index in [1.807, 2.05) is 0 Å². The summed E-state index contributed by atoms with van der Waals surface area (Å²) in [7, 11) is 0. The van der Waals surface area contributed by atoms with Gasteiger partial charge in [0.25, 0.3) is 0 Å². The Bertz CT molecular complexity index is 485. The molecule has 4 heteroatoms. The lowest BCUT2D eigenvalue weighted by Gasteiger charge is -2.44. The second-order valence-electron chi connectivity index (χ2n) is 10.3. The number of hydrogen-bond acceptors (Lipinski definition) is 2. The lowest BCUT2D eigenvalue weighted by atomic mass is 9.80. The van der Waals surface area contributed by atoms with Crippen molar-refractivity contribution in [2.24, 2.45) is 11.3 Å². The monoisotopic (exact) mass is 392 g/mol. The molecule has 2 fully saturated rings. The minimum atomic E-state index is -0.268. The Morgan fingerprint density at radius 3 is 2.07 bits per heavy atom. The first kappa shape index (κ1) is 23.2. The average molecular weight is 393 g/mol. The number of rotatable bonds is 8. The van der Waals surface area contributed by atoms with E-state index in [9.17, 15) is 9.59 Å². The van der Waals surface area contributed by atoms with Gasteiger partial charge in [0.2, 0.25) is 11.8 Å². The standard InChI is InChI=1S/C24H44N2O2/c1-5-6-17-25-23(28)22(19-13-9-7-10-14-19)26(20-15-11-8-12-16-20)21(27)18-24(2,3)4/h19-20,22H,5-18H2,1-4H3,(H,25,28). The number of amides is 2. The van der Waals surface area contributed by atoms with Crippen LogP contribution in [0.25, 0.3) is 0 Å². The highest BCUT2D eigenvalue weighted by Crippen LogP contribution is 2.35. The van der Waals surface area contributed by atoms with Gasteiger partial charge in [0, 0.05) is 19.0 Å². The Labute approximate surface area is 173 Å². The van der Waals surface area contributed by atoms with Crippen molar-refractivity contribution in [3.05, 3.63) is 0 Å². The largest absolute Gasteiger partial charge is 0.354 e. The Kier molecular flexibility index (Phi) is 9.30. The highest BCUT2D eigenvalue weighted by atomic mass is 16.2. The summed E-state index contributed by atoms with van der Waals surface area (Å²) < 4.78 is 0. The Morgan fingerprint density at radius 2 is 1.54 bits per heavy atom. The lowest BCUT2D eigenvalue weighted by Crippen LogP contribution is -2.58. The third-order valence-electron chi connectivity index (χ3n) is 6.43. The topological polar surface area (TPSA) is 49.4 Å². The number of hydrogen-bond donors (Lipinski definition) is 1. The van der Waals surface area contributed by atoms with Crippen LogP contribution in [0.5, 0.6) is 0 Å². The van der Waals surface area contributed by atoms with Crippen LogP contribution in [0, 0.1) is 11.3 Å². The maximum atomic E-state index is 13.5. The highest BCUT2D eigenvalue weighted by Gasteiger charge is 2.41. The summed E-state index contributed by atoms with van der Waals surface area (Å²) in [6.07, 6.45) is 14.1. The molecule has 28 heavy (non-hydrogen) atoms. The van der Waals surface area contributed by atoms with E-state index >= 15 is 0 Å². The van der Waals surface area contributed by atoms with Gasteiger partial charge in [-0.2, -0.15) is 0 Å². The second kappa shape index (κ2) is 11.2. The second-order valence-corrected chi connectivity index (χ2v) is 10.3. The molecule has 2 rings (SSSR count). The Morgan fingerprint density at radius 1 is 0.964 bits per heavy atom. The highest BCUT2D eigenvalue weighted by molar-refractivity contribution is 5.88. The molecule has 0 spiro atoms. The molecule has 1 N–H and O–H groups in total. The van der Waals surface area contributed by atoms with Crippen molar-refractivity contribution in [1.29, 1.82) is 0 Å². The molecule has 2 aliphatic rings. The van der Waals surface area contributed by atoms with Crippen molar-refractivity contribution in [2.75, 3.05) is 6.54 Å². The minimum absolute atomic E-state index is 0.0558. The fourth-order valence-corrected chi connectivity index (χ4v) is 5.00. The molecular formula is C24H44N2O2. The summed E-state index contributed by atoms with van der Waals surface area (Å²) >= 11 is 0. The fraction of sp³-hybridized carbons (Fsp3) is 0.917. The minimum Gasteiger partial charge on any atom is -0.354 e. The van der Waals surface area contributed by atoms with Gasteiger partial charge in [-0.25, -0.2) is 0 Å². The molecule has 0 saturated heterocycles. The van der Waals surface area contributed by atoms with Gasteiger partial charge >= 0.3 is 0 Å². The van der Waals surface area contributed by atoms with E-state index in [2.05, 4.69) is 37.9 Å². The summed E-state index contributed by atoms with van der Waals surface area (Å²) in [4.78, 5) is 29.0. The van der Waals surface area contributed by atoms with Crippen LogP contribution < -0.4 is 5.32 Å². The number of carbonyl (C=O) groups is 2. The molecule has 1 unspecified atom stereocenters. The third kappa shape index (κ3) is 7.08. The van der Waals surface area contributed by atoms with E-state index in [-0.39, 0.29) is 29.3 Å². The van der Waals surface area contributed by atoms with Crippen LogP contribution >= 0.6 is 0 Å². The Balaban J connectivity index is 2.28. The molecule has 0 radical (unpaired) electrons. The van der Waals surface area contributed by atoms with E-state index in [1.54, 1.807) is 0 Å². The molecule has 0 aromatic carbocycles. The van der Waals surface area contributed by atoms with Crippen molar-refractivity contribution < 1.29 is 9.59 Å². The molecule has 2 saturated carbocycles. The molecule has 0 aromatic heterocycles. The van der Waals surface area contributed by atoms with Crippen molar-refractivity contribution in [3.63, 3.8) is 0 Å². The summed E-state index contributed by atoms with van der Waals surface area (Å²) in [5.74, 6) is 0.620. The van der Waals surface area contributed by atoms with Gasteiger partial charge in [-0.05, 0) is 43.4 Å². The van der Waals surface area contributed by atoms with Crippen LogP contribution in [0.3, 0.4) is 0 Å². The van der Waals surface area contributed by atoms with Crippen LogP contribution in [0.15, 0.2) is 0 Å². The number of unbranched alkanes of at least 4 members (excludes halogenated alkanes) is 1. The van der Waals surface area contributed by atoms with Gasteiger partial charge in [-0.3, -0.25) is 9.59 Å². The maximum absolute atomic E-state index is 13.5. The van der Waals surface area contributed by atoms with Crippen LogP contribution in [0.4, 0.5) is 0 Å². The molecule has 2 amide bonds. The zero-order valence-electron chi connectivity index (χ0n) is 18.9. The molecule has 0 heterocycles. The van der Waals surface area contributed by atoms with Gasteiger partial charge in [-0.15, -0.1) is 0 Å². The van der Waals surface area contributed by atoms with E-state index in [0.717, 1.165) is 45.1 Å². The SMILES string of the molecule is CCCCNC(=O)C(C1CCCCC1)N(C(=O)CC(C)(C)C)C1CCCCC1. The number of nitrogens with zero attached hydrogens (tertiary/aromatic N) is 1. The smallest absolute Gasteiger partial charge is 0.243 e.